The first-order valence-corrected chi connectivity index (χ1v) is 7.45. The number of para-hydroxylation sites is 1. The Labute approximate surface area is 119 Å². The van der Waals surface area contributed by atoms with Crippen molar-refractivity contribution in [2.75, 3.05) is 0 Å². The Morgan fingerprint density at radius 1 is 0.950 bits per heavy atom. The molecule has 0 spiro atoms. The van der Waals surface area contributed by atoms with E-state index in [0.29, 0.717) is 5.92 Å². The molecule has 1 aliphatic rings. The zero-order chi connectivity index (χ0) is 13.4. The highest BCUT2D eigenvalue weighted by atomic mass is 15.1. The van der Waals surface area contributed by atoms with Crippen LogP contribution in [0.5, 0.6) is 0 Å². The zero-order valence-electron chi connectivity index (χ0n) is 11.5. The Kier molecular flexibility index (Phi) is 2.80. The molecule has 20 heavy (non-hydrogen) atoms. The van der Waals surface area contributed by atoms with Crippen LogP contribution in [0.15, 0.2) is 54.7 Å². The van der Waals surface area contributed by atoms with E-state index in [1.165, 1.54) is 42.3 Å². The second-order valence-electron chi connectivity index (χ2n) is 5.63. The molecule has 4 rings (SSSR count). The van der Waals surface area contributed by atoms with Gasteiger partial charge in [-0.1, -0.05) is 37.1 Å². The topological polar surface area (TPSA) is 17.8 Å². The molecule has 2 nitrogen and oxygen atoms in total. The predicted octanol–water partition coefficient (Wildman–Crippen LogP) is 4.68. The van der Waals surface area contributed by atoms with Crippen molar-refractivity contribution in [1.82, 2.24) is 9.55 Å². The number of hydrogen-bond acceptors (Lipinski definition) is 1. The molecule has 1 aliphatic carbocycles. The molecule has 0 amide bonds. The standard InChI is InChI=1S/C18H18N2/c1-2-8-14(7-1)17-13-15-9-3-4-10-16(15)20(17)18-11-5-6-12-19-18/h3-6,9-14H,1-2,7-8H2. The molecule has 0 radical (unpaired) electrons. The highest BCUT2D eigenvalue weighted by Crippen LogP contribution is 2.38. The highest BCUT2D eigenvalue weighted by molar-refractivity contribution is 5.83. The molecule has 2 heterocycles. The number of benzene rings is 1. The smallest absolute Gasteiger partial charge is 0.137 e. The molecule has 2 heteroatoms. The van der Waals surface area contributed by atoms with Gasteiger partial charge in [-0.15, -0.1) is 0 Å². The molecule has 1 aromatic carbocycles. The van der Waals surface area contributed by atoms with Gasteiger partial charge in [0.2, 0.25) is 0 Å². The summed E-state index contributed by atoms with van der Waals surface area (Å²) >= 11 is 0. The Hall–Kier alpha value is -2.09. The van der Waals surface area contributed by atoms with Gasteiger partial charge in [-0.25, -0.2) is 4.98 Å². The molecule has 0 aliphatic heterocycles. The molecule has 0 bridgehead atoms. The van der Waals surface area contributed by atoms with Gasteiger partial charge in [0.1, 0.15) is 5.82 Å². The van der Waals surface area contributed by atoms with Gasteiger partial charge < -0.3 is 0 Å². The van der Waals surface area contributed by atoms with Crippen molar-refractivity contribution in [3.05, 3.63) is 60.4 Å². The third kappa shape index (κ3) is 1.83. The Morgan fingerprint density at radius 3 is 2.55 bits per heavy atom. The fourth-order valence-electron chi connectivity index (χ4n) is 3.44. The summed E-state index contributed by atoms with van der Waals surface area (Å²) in [5.74, 6) is 1.72. The van der Waals surface area contributed by atoms with Crippen molar-refractivity contribution in [1.29, 1.82) is 0 Å². The summed E-state index contributed by atoms with van der Waals surface area (Å²) in [6.07, 6.45) is 7.21. The second-order valence-corrected chi connectivity index (χ2v) is 5.63. The monoisotopic (exact) mass is 262 g/mol. The first-order chi connectivity index (χ1) is 9.93. The second kappa shape index (κ2) is 4.78. The van der Waals surface area contributed by atoms with Gasteiger partial charge in [-0.2, -0.15) is 0 Å². The molecule has 0 saturated heterocycles. The zero-order valence-corrected chi connectivity index (χ0v) is 11.5. The summed E-state index contributed by atoms with van der Waals surface area (Å²) in [6.45, 7) is 0. The van der Waals surface area contributed by atoms with Gasteiger partial charge in [0.25, 0.3) is 0 Å². The first-order valence-electron chi connectivity index (χ1n) is 7.45. The molecule has 2 aromatic heterocycles. The molecular weight excluding hydrogens is 244 g/mol. The molecule has 1 saturated carbocycles. The number of fused-ring (bicyclic) bond motifs is 1. The molecule has 100 valence electrons. The van der Waals surface area contributed by atoms with Crippen LogP contribution in [0.4, 0.5) is 0 Å². The van der Waals surface area contributed by atoms with Crippen molar-refractivity contribution in [3.63, 3.8) is 0 Å². The number of aromatic nitrogens is 2. The van der Waals surface area contributed by atoms with E-state index in [1.807, 2.05) is 12.3 Å². The van der Waals surface area contributed by atoms with Crippen molar-refractivity contribution >= 4 is 10.9 Å². The van der Waals surface area contributed by atoms with Crippen LogP contribution < -0.4 is 0 Å². The number of rotatable bonds is 2. The van der Waals surface area contributed by atoms with Crippen molar-refractivity contribution in [2.24, 2.45) is 0 Å². The van der Waals surface area contributed by atoms with Crippen LogP contribution >= 0.6 is 0 Å². The average molecular weight is 262 g/mol. The predicted molar refractivity (Wildman–Crippen MR) is 82.3 cm³/mol. The number of hydrogen-bond donors (Lipinski definition) is 0. The maximum atomic E-state index is 4.57. The minimum Gasteiger partial charge on any atom is -0.298 e. The Balaban J connectivity index is 1.98. The molecule has 0 unspecified atom stereocenters. The van der Waals surface area contributed by atoms with Crippen LogP contribution in [0.1, 0.15) is 37.3 Å². The lowest BCUT2D eigenvalue weighted by Crippen LogP contribution is -2.05. The third-order valence-electron chi connectivity index (χ3n) is 4.39. The lowest BCUT2D eigenvalue weighted by atomic mass is 10.0. The Morgan fingerprint density at radius 2 is 1.75 bits per heavy atom. The lowest BCUT2D eigenvalue weighted by Gasteiger charge is -2.14. The summed E-state index contributed by atoms with van der Waals surface area (Å²) in [5.41, 5.74) is 2.70. The summed E-state index contributed by atoms with van der Waals surface area (Å²) in [6, 6.07) is 17.1. The van der Waals surface area contributed by atoms with Crippen molar-refractivity contribution < 1.29 is 0 Å². The summed E-state index contributed by atoms with van der Waals surface area (Å²) in [5, 5.41) is 1.32. The van der Waals surface area contributed by atoms with Gasteiger partial charge in [-0.3, -0.25) is 4.57 Å². The SMILES string of the molecule is c1ccc(-n2c(C3CCCC3)cc3ccccc32)nc1. The minimum atomic E-state index is 0.685. The molecule has 3 aromatic rings. The van der Waals surface area contributed by atoms with Crippen LogP contribution in [0.3, 0.4) is 0 Å². The van der Waals surface area contributed by atoms with E-state index in [2.05, 4.69) is 52.0 Å². The summed E-state index contributed by atoms with van der Waals surface area (Å²) in [4.78, 5) is 4.57. The van der Waals surface area contributed by atoms with Crippen LogP contribution in [0.25, 0.3) is 16.7 Å². The van der Waals surface area contributed by atoms with E-state index in [9.17, 15) is 0 Å². The van der Waals surface area contributed by atoms with E-state index in [4.69, 9.17) is 0 Å². The van der Waals surface area contributed by atoms with Gasteiger partial charge in [0, 0.05) is 17.3 Å². The van der Waals surface area contributed by atoms with Crippen LogP contribution in [0.2, 0.25) is 0 Å². The van der Waals surface area contributed by atoms with Crippen molar-refractivity contribution in [3.8, 4) is 5.82 Å². The minimum absolute atomic E-state index is 0.685. The maximum absolute atomic E-state index is 4.57. The van der Waals surface area contributed by atoms with E-state index >= 15 is 0 Å². The van der Waals surface area contributed by atoms with E-state index in [0.717, 1.165) is 5.82 Å². The molecule has 0 atom stereocenters. The Bertz CT molecular complexity index is 722. The third-order valence-corrected chi connectivity index (χ3v) is 4.39. The van der Waals surface area contributed by atoms with Crippen LogP contribution in [0, 0.1) is 0 Å². The van der Waals surface area contributed by atoms with Crippen LogP contribution in [-0.2, 0) is 0 Å². The maximum Gasteiger partial charge on any atom is 0.137 e. The molecular formula is C18H18N2. The molecule has 1 fully saturated rings. The van der Waals surface area contributed by atoms with Crippen LogP contribution in [-0.4, -0.2) is 9.55 Å². The van der Waals surface area contributed by atoms with Gasteiger partial charge >= 0.3 is 0 Å². The molecule has 0 N–H and O–H groups in total. The van der Waals surface area contributed by atoms with Crippen molar-refractivity contribution in [2.45, 2.75) is 31.6 Å². The normalized spacial score (nSPS) is 16.0. The van der Waals surface area contributed by atoms with Gasteiger partial charge in [0.15, 0.2) is 0 Å². The van der Waals surface area contributed by atoms with E-state index in [-0.39, 0.29) is 0 Å². The lowest BCUT2D eigenvalue weighted by molar-refractivity contribution is 0.680. The average Bonchev–Trinajstić information content (AvgIpc) is 3.15. The largest absolute Gasteiger partial charge is 0.298 e. The summed E-state index contributed by atoms with van der Waals surface area (Å²) < 4.78 is 2.35. The first kappa shape index (κ1) is 11.7. The van der Waals surface area contributed by atoms with Gasteiger partial charge in [-0.05, 0) is 43.0 Å². The number of pyridine rings is 1. The highest BCUT2D eigenvalue weighted by Gasteiger charge is 2.22. The van der Waals surface area contributed by atoms with Gasteiger partial charge in [0.05, 0.1) is 5.52 Å². The number of nitrogens with zero attached hydrogens (tertiary/aromatic N) is 2. The fourth-order valence-corrected chi connectivity index (χ4v) is 3.44. The fraction of sp³-hybridized carbons (Fsp3) is 0.278. The van der Waals surface area contributed by atoms with E-state index in [1.54, 1.807) is 0 Å². The van der Waals surface area contributed by atoms with E-state index < -0.39 is 0 Å². The summed E-state index contributed by atoms with van der Waals surface area (Å²) in [7, 11) is 0. The quantitative estimate of drug-likeness (QED) is 0.655.